The van der Waals surface area contributed by atoms with Crippen LogP contribution < -0.4 is 0 Å². The highest BCUT2D eigenvalue weighted by Crippen LogP contribution is 2.52. The number of ether oxygens (including phenoxy) is 2. The van der Waals surface area contributed by atoms with Crippen molar-refractivity contribution in [2.75, 3.05) is 6.61 Å². The molecule has 0 N–H and O–H groups in total. The molecule has 1 fully saturated rings. The summed E-state index contributed by atoms with van der Waals surface area (Å²) in [6, 6.07) is 0. The summed E-state index contributed by atoms with van der Waals surface area (Å²) in [5, 5.41) is -0.0365. The Hall–Kier alpha value is -1.57. The van der Waals surface area contributed by atoms with Crippen LogP contribution in [-0.4, -0.2) is 50.8 Å². The molecule has 1 heterocycles. The van der Waals surface area contributed by atoms with Gasteiger partial charge in [-0.05, 0) is 32.0 Å². The van der Waals surface area contributed by atoms with Gasteiger partial charge in [0.05, 0.1) is 6.61 Å². The van der Waals surface area contributed by atoms with Crippen LogP contribution in [0.4, 0.5) is 0 Å². The van der Waals surface area contributed by atoms with E-state index >= 15 is 0 Å². The molecule has 0 bridgehead atoms. The Kier molecular flexibility index (Phi) is 6.24. The van der Waals surface area contributed by atoms with Crippen molar-refractivity contribution in [3.05, 3.63) is 22.8 Å². The fourth-order valence-electron chi connectivity index (χ4n) is 3.09. The molecule has 1 saturated heterocycles. The van der Waals surface area contributed by atoms with Crippen LogP contribution in [0.3, 0.4) is 0 Å². The summed E-state index contributed by atoms with van der Waals surface area (Å²) >= 11 is 0. The molecule has 0 spiro atoms. The third-order valence-corrected chi connectivity index (χ3v) is 10.4. The van der Waals surface area contributed by atoms with Gasteiger partial charge in [-0.3, -0.25) is 14.4 Å². The van der Waals surface area contributed by atoms with Gasteiger partial charge < -0.3 is 13.9 Å². The summed E-state index contributed by atoms with van der Waals surface area (Å²) in [5.41, 5.74) is 0.495. The Labute approximate surface area is 168 Å². The number of epoxide rings is 1. The van der Waals surface area contributed by atoms with E-state index in [4.69, 9.17) is 13.9 Å². The highest BCUT2D eigenvalue weighted by Gasteiger charge is 2.70. The Morgan fingerprint density at radius 1 is 1.25 bits per heavy atom. The van der Waals surface area contributed by atoms with Gasteiger partial charge in [-0.25, -0.2) is 0 Å². The molecule has 1 aliphatic heterocycles. The normalized spacial score (nSPS) is 27.2. The van der Waals surface area contributed by atoms with Crippen molar-refractivity contribution in [1.82, 2.24) is 0 Å². The largest absolute Gasteiger partial charge is 0.454 e. The summed E-state index contributed by atoms with van der Waals surface area (Å²) in [6.45, 7) is 15.7. The lowest BCUT2D eigenvalue weighted by molar-refractivity contribution is -0.148. The molecule has 6 nitrogen and oxygen atoms in total. The van der Waals surface area contributed by atoms with E-state index in [2.05, 4.69) is 33.9 Å². The van der Waals surface area contributed by atoms with E-state index in [-0.39, 0.29) is 28.6 Å². The van der Waals surface area contributed by atoms with Crippen molar-refractivity contribution in [2.24, 2.45) is 0 Å². The van der Waals surface area contributed by atoms with Crippen LogP contribution in [0.15, 0.2) is 22.8 Å². The standard InChI is InChI=1S/C21H32O6Si/c1-13(2)9-10-21-18(26-14(3)23)15(11-22)16(17(24)19(21)27-21)12-25-28(7,8)20(4,5)6/h9,11,18-19H,10,12H2,1-8H3/t18-,19-,21+/m0/s1. The van der Waals surface area contributed by atoms with E-state index < -0.39 is 32.1 Å². The SMILES string of the molecule is CC(=O)O[C@H]1C(C=O)=C(CO[Si](C)(C)C(C)(C)C)C(=O)[C@@H]2O[C@@]21CC=C(C)C. The Balaban J connectivity index is 2.41. The third kappa shape index (κ3) is 4.21. The molecule has 2 aliphatic rings. The first-order valence-corrected chi connectivity index (χ1v) is 12.5. The maximum atomic E-state index is 13.0. The van der Waals surface area contributed by atoms with Gasteiger partial charge in [0.2, 0.25) is 0 Å². The molecule has 156 valence electrons. The molecular formula is C21H32O6Si. The van der Waals surface area contributed by atoms with E-state index in [1.165, 1.54) is 6.92 Å². The van der Waals surface area contributed by atoms with Crippen molar-refractivity contribution >= 4 is 26.4 Å². The van der Waals surface area contributed by atoms with Crippen molar-refractivity contribution < 1.29 is 28.3 Å². The molecule has 0 radical (unpaired) electrons. The minimum Gasteiger partial charge on any atom is -0.454 e. The second kappa shape index (κ2) is 7.69. The number of hydrogen-bond acceptors (Lipinski definition) is 6. The van der Waals surface area contributed by atoms with E-state index in [1.54, 1.807) is 0 Å². The average molecular weight is 409 g/mol. The van der Waals surface area contributed by atoms with E-state index in [1.807, 2.05) is 19.9 Å². The first-order chi connectivity index (χ1) is 12.8. The minimum atomic E-state index is -2.13. The van der Waals surface area contributed by atoms with Crippen LogP contribution in [0.1, 0.15) is 48.0 Å². The molecule has 2 rings (SSSR count). The smallest absolute Gasteiger partial charge is 0.303 e. The van der Waals surface area contributed by atoms with Crippen molar-refractivity contribution in [3.63, 3.8) is 0 Å². The third-order valence-electron chi connectivity index (χ3n) is 5.96. The second-order valence-electron chi connectivity index (χ2n) is 9.39. The number of allylic oxidation sites excluding steroid dienone is 1. The monoisotopic (exact) mass is 408 g/mol. The molecule has 0 aromatic heterocycles. The van der Waals surface area contributed by atoms with Gasteiger partial charge >= 0.3 is 5.97 Å². The Bertz CT molecular complexity index is 738. The van der Waals surface area contributed by atoms with Gasteiger partial charge in [-0.15, -0.1) is 0 Å². The number of carbonyl (C=O) groups excluding carboxylic acids is 3. The molecule has 28 heavy (non-hydrogen) atoms. The lowest BCUT2D eigenvalue weighted by Gasteiger charge is -2.37. The van der Waals surface area contributed by atoms with Gasteiger partial charge in [-0.1, -0.05) is 32.4 Å². The first kappa shape index (κ1) is 22.7. The summed E-state index contributed by atoms with van der Waals surface area (Å²) in [5.74, 6) is -0.763. The molecule has 3 atom stereocenters. The average Bonchev–Trinajstić information content (AvgIpc) is 3.29. The molecule has 0 aromatic carbocycles. The Morgan fingerprint density at radius 2 is 1.86 bits per heavy atom. The first-order valence-electron chi connectivity index (χ1n) is 9.61. The second-order valence-corrected chi connectivity index (χ2v) is 14.2. The number of hydrogen-bond donors (Lipinski definition) is 0. The predicted molar refractivity (Wildman–Crippen MR) is 108 cm³/mol. The zero-order valence-electron chi connectivity index (χ0n) is 18.2. The van der Waals surface area contributed by atoms with Gasteiger partial charge in [0, 0.05) is 24.5 Å². The number of esters is 1. The number of ketones is 1. The molecule has 0 unspecified atom stereocenters. The van der Waals surface area contributed by atoms with Gasteiger partial charge in [0.1, 0.15) is 11.9 Å². The van der Waals surface area contributed by atoms with E-state index in [0.29, 0.717) is 12.7 Å². The minimum absolute atomic E-state index is 0.0275. The van der Waals surface area contributed by atoms with Gasteiger partial charge in [0.25, 0.3) is 0 Å². The lowest BCUT2D eigenvalue weighted by atomic mass is 9.79. The highest BCUT2D eigenvalue weighted by molar-refractivity contribution is 6.74. The van der Waals surface area contributed by atoms with E-state index in [9.17, 15) is 14.4 Å². The topological polar surface area (TPSA) is 82.2 Å². The van der Waals surface area contributed by atoms with Gasteiger partial charge in [0.15, 0.2) is 26.3 Å². The van der Waals surface area contributed by atoms with Crippen molar-refractivity contribution in [3.8, 4) is 0 Å². The zero-order valence-corrected chi connectivity index (χ0v) is 19.2. The molecular weight excluding hydrogens is 376 g/mol. The molecule has 0 aromatic rings. The van der Waals surface area contributed by atoms with Gasteiger partial charge in [-0.2, -0.15) is 0 Å². The maximum absolute atomic E-state index is 13.0. The van der Waals surface area contributed by atoms with Crippen molar-refractivity contribution in [2.45, 2.75) is 83.9 Å². The quantitative estimate of drug-likeness (QED) is 0.211. The summed E-state index contributed by atoms with van der Waals surface area (Å²) in [7, 11) is -2.13. The van der Waals surface area contributed by atoms with Crippen LogP contribution in [0, 0.1) is 0 Å². The number of aldehydes is 1. The molecule has 7 heteroatoms. The fourth-order valence-corrected chi connectivity index (χ4v) is 4.03. The molecule has 1 aliphatic carbocycles. The summed E-state index contributed by atoms with van der Waals surface area (Å²) in [4.78, 5) is 36.7. The van der Waals surface area contributed by atoms with E-state index in [0.717, 1.165) is 5.57 Å². The van der Waals surface area contributed by atoms with Crippen LogP contribution in [0.5, 0.6) is 0 Å². The number of carbonyl (C=O) groups is 3. The summed E-state index contributed by atoms with van der Waals surface area (Å²) in [6.07, 6.45) is 1.33. The van der Waals surface area contributed by atoms with Crippen LogP contribution in [-0.2, 0) is 28.3 Å². The molecule has 0 saturated carbocycles. The van der Waals surface area contributed by atoms with Crippen LogP contribution >= 0.6 is 0 Å². The number of Topliss-reactive ketones (excluding diaryl/α,β-unsaturated/α-hetero) is 1. The lowest BCUT2D eigenvalue weighted by Crippen LogP contribution is -2.47. The number of fused-ring (bicyclic) bond motifs is 1. The number of rotatable bonds is 7. The molecule has 0 amide bonds. The maximum Gasteiger partial charge on any atom is 0.303 e. The zero-order chi connectivity index (χ0) is 21.5. The van der Waals surface area contributed by atoms with Crippen LogP contribution in [0.25, 0.3) is 0 Å². The fraction of sp³-hybridized carbons (Fsp3) is 0.667. The summed E-state index contributed by atoms with van der Waals surface area (Å²) < 4.78 is 17.5. The van der Waals surface area contributed by atoms with Crippen LogP contribution in [0.2, 0.25) is 18.1 Å². The highest BCUT2D eigenvalue weighted by atomic mass is 28.4. The van der Waals surface area contributed by atoms with Crippen molar-refractivity contribution in [1.29, 1.82) is 0 Å². The predicted octanol–water partition coefficient (Wildman–Crippen LogP) is 3.51. The Morgan fingerprint density at radius 3 is 2.32 bits per heavy atom.